The average Bonchev–Trinajstić information content (AvgIpc) is 3.17. The second-order valence-corrected chi connectivity index (χ2v) is 15.7. The number of carbonyl (C=O) groups excluding carboxylic acids is 1. The van der Waals surface area contributed by atoms with Gasteiger partial charge >= 0.3 is 0 Å². The van der Waals surface area contributed by atoms with E-state index >= 15 is 0 Å². The van der Waals surface area contributed by atoms with Crippen molar-refractivity contribution in [1.82, 2.24) is 0 Å². The number of fused-ring (bicyclic) bond motifs is 4. The van der Waals surface area contributed by atoms with E-state index in [9.17, 15) is 21.6 Å². The number of carbonyl (C=O) groups is 1. The molecule has 0 unspecified atom stereocenters. The van der Waals surface area contributed by atoms with Crippen LogP contribution in [0.4, 0.5) is 5.69 Å². The highest BCUT2D eigenvalue weighted by Gasteiger charge is 2.56. The molecule has 2 saturated heterocycles. The maximum absolute atomic E-state index is 11.7. The summed E-state index contributed by atoms with van der Waals surface area (Å²) < 4.78 is 47.6. The van der Waals surface area contributed by atoms with E-state index in [1.54, 1.807) is 4.90 Å². The maximum Gasteiger partial charge on any atom is 0.223 e. The number of nitrogens with zero attached hydrogens (tertiary/aromatic N) is 1. The molecule has 176 valence electrons. The molecule has 0 radical (unpaired) electrons. The van der Waals surface area contributed by atoms with Gasteiger partial charge in [0.15, 0.2) is 19.7 Å². The van der Waals surface area contributed by atoms with Crippen molar-refractivity contribution < 1.29 is 21.6 Å². The lowest BCUT2D eigenvalue weighted by molar-refractivity contribution is -0.116. The molecule has 0 N–H and O–H groups in total. The van der Waals surface area contributed by atoms with Crippen LogP contribution in [-0.2, 0) is 41.7 Å². The van der Waals surface area contributed by atoms with Crippen molar-refractivity contribution in [3.05, 3.63) is 62.0 Å². The molecule has 0 saturated carbocycles. The molecule has 2 aromatic carbocycles. The quantitative estimate of drug-likeness (QED) is 0.452. The summed E-state index contributed by atoms with van der Waals surface area (Å²) in [4.78, 5) is 13.3. The number of aryl methyl sites for hydroxylation is 1. The lowest BCUT2D eigenvalue weighted by Crippen LogP contribution is -2.55. The Hall–Kier alpha value is -1.23. The molecule has 0 aromatic heterocycles. The zero-order valence-corrected chi connectivity index (χ0v) is 22.8. The van der Waals surface area contributed by atoms with Gasteiger partial charge in [-0.3, -0.25) is 4.79 Å². The van der Waals surface area contributed by atoms with Crippen LogP contribution in [0.1, 0.15) is 30.0 Å². The first-order valence-corrected chi connectivity index (χ1v) is 15.8. The summed E-state index contributed by atoms with van der Waals surface area (Å²) in [6.07, 6.45) is 2.02. The highest BCUT2D eigenvalue weighted by molar-refractivity contribution is 9.10. The van der Waals surface area contributed by atoms with Gasteiger partial charge in [-0.15, -0.1) is 0 Å². The van der Waals surface area contributed by atoms with E-state index in [4.69, 9.17) is 0 Å². The van der Waals surface area contributed by atoms with Crippen LogP contribution in [0.3, 0.4) is 0 Å². The smallest absolute Gasteiger partial charge is 0.223 e. The summed E-state index contributed by atoms with van der Waals surface area (Å²) in [5.41, 5.74) is 4.00. The summed E-state index contributed by atoms with van der Waals surface area (Å²) in [5.74, 6) is 0.968. The fourth-order valence-electron chi connectivity index (χ4n) is 5.87. The standard InChI is InChI=1S/C12H12BrNO3S.C11H11BrO2S/c1-8(15)14-5-12(6-18(16,17)7-12)10-3-2-9(13)4-11(10)14;12-9-1-2-10-8(5-9)3-4-11(10)6-15(13,14)7-11/h2-4H,5-7H2,1H3;1-2,5H,3-4,6-7H2. The molecule has 0 bridgehead atoms. The van der Waals surface area contributed by atoms with Crippen LogP contribution in [0.15, 0.2) is 45.3 Å². The molecule has 2 spiro atoms. The van der Waals surface area contributed by atoms with Gasteiger partial charge in [0.1, 0.15) is 0 Å². The van der Waals surface area contributed by atoms with Crippen LogP contribution < -0.4 is 4.90 Å². The molecule has 6 rings (SSSR count). The summed E-state index contributed by atoms with van der Waals surface area (Å²) in [5, 5.41) is 0. The Morgan fingerprint density at radius 1 is 0.848 bits per heavy atom. The van der Waals surface area contributed by atoms with Crippen LogP contribution in [0, 0.1) is 0 Å². The highest BCUT2D eigenvalue weighted by Crippen LogP contribution is 2.49. The lowest BCUT2D eigenvalue weighted by Gasteiger charge is -2.38. The predicted octanol–water partition coefficient (Wildman–Crippen LogP) is 3.54. The number of hydrogen-bond donors (Lipinski definition) is 0. The van der Waals surface area contributed by atoms with E-state index in [0.29, 0.717) is 18.1 Å². The number of rotatable bonds is 0. The van der Waals surface area contributed by atoms with Crippen LogP contribution in [-0.4, -0.2) is 52.3 Å². The molecule has 4 aliphatic rings. The van der Waals surface area contributed by atoms with E-state index in [0.717, 1.165) is 33.0 Å². The molecule has 33 heavy (non-hydrogen) atoms. The molecule has 2 aromatic rings. The van der Waals surface area contributed by atoms with Crippen molar-refractivity contribution in [1.29, 1.82) is 0 Å². The minimum Gasteiger partial charge on any atom is -0.311 e. The average molecular weight is 617 g/mol. The van der Waals surface area contributed by atoms with Crippen molar-refractivity contribution in [2.24, 2.45) is 0 Å². The van der Waals surface area contributed by atoms with Crippen LogP contribution in [0.2, 0.25) is 0 Å². The van der Waals surface area contributed by atoms with E-state index in [-0.39, 0.29) is 28.2 Å². The normalized spacial score (nSPS) is 23.7. The first kappa shape index (κ1) is 23.5. The third-order valence-electron chi connectivity index (χ3n) is 7.16. The van der Waals surface area contributed by atoms with Gasteiger partial charge in [-0.25, -0.2) is 16.8 Å². The zero-order chi connectivity index (χ0) is 23.8. The largest absolute Gasteiger partial charge is 0.311 e. The Balaban J connectivity index is 0.000000140. The van der Waals surface area contributed by atoms with Crippen molar-refractivity contribution in [3.8, 4) is 0 Å². The fraction of sp³-hybridized carbons (Fsp3) is 0.435. The Labute approximate surface area is 210 Å². The van der Waals surface area contributed by atoms with Gasteiger partial charge in [0.05, 0.1) is 23.0 Å². The number of amides is 1. The first-order valence-electron chi connectivity index (χ1n) is 10.6. The van der Waals surface area contributed by atoms with Gasteiger partial charge < -0.3 is 4.90 Å². The van der Waals surface area contributed by atoms with Gasteiger partial charge in [-0.05, 0) is 53.8 Å². The SMILES string of the molecule is CC(=O)N1CC2(CS(=O)(=O)C2)c2ccc(Br)cc21.O=S1(=O)CC2(CCc3cc(Br)ccc32)C1. The Bertz CT molecular complexity index is 1380. The number of halogens is 2. The first-order chi connectivity index (χ1) is 15.3. The summed E-state index contributed by atoms with van der Waals surface area (Å²) in [7, 11) is -5.66. The number of sulfone groups is 2. The molecule has 0 atom stereocenters. The second-order valence-electron chi connectivity index (χ2n) is 9.69. The van der Waals surface area contributed by atoms with E-state index in [1.807, 2.05) is 24.3 Å². The third kappa shape index (κ3) is 4.00. The minimum absolute atomic E-state index is 0.0329. The monoisotopic (exact) mass is 615 g/mol. The van der Waals surface area contributed by atoms with Gasteiger partial charge in [-0.2, -0.15) is 0 Å². The van der Waals surface area contributed by atoms with Gasteiger partial charge in [0.2, 0.25) is 5.91 Å². The molecule has 6 nitrogen and oxygen atoms in total. The van der Waals surface area contributed by atoms with E-state index in [1.165, 1.54) is 18.1 Å². The number of benzene rings is 2. The van der Waals surface area contributed by atoms with Gasteiger partial charge in [0, 0.05) is 38.9 Å². The summed E-state index contributed by atoms with van der Waals surface area (Å²) in [6.45, 7) is 1.99. The van der Waals surface area contributed by atoms with Gasteiger partial charge in [0.25, 0.3) is 0 Å². The Morgan fingerprint density at radius 3 is 1.97 bits per heavy atom. The summed E-state index contributed by atoms with van der Waals surface area (Å²) >= 11 is 6.83. The van der Waals surface area contributed by atoms with E-state index < -0.39 is 19.7 Å². The number of hydrogen-bond acceptors (Lipinski definition) is 5. The summed E-state index contributed by atoms with van der Waals surface area (Å²) in [6, 6.07) is 11.9. The lowest BCUT2D eigenvalue weighted by atomic mass is 9.85. The second kappa shape index (κ2) is 7.63. The molecule has 1 aliphatic carbocycles. The number of anilines is 1. The van der Waals surface area contributed by atoms with Crippen molar-refractivity contribution in [2.45, 2.75) is 30.6 Å². The topological polar surface area (TPSA) is 88.6 Å². The Kier molecular flexibility index (Phi) is 5.44. The molecule has 3 heterocycles. The van der Waals surface area contributed by atoms with Crippen LogP contribution in [0.25, 0.3) is 0 Å². The van der Waals surface area contributed by atoms with Crippen molar-refractivity contribution >= 4 is 63.1 Å². The minimum atomic E-state index is -2.92. The zero-order valence-electron chi connectivity index (χ0n) is 18.0. The van der Waals surface area contributed by atoms with Crippen LogP contribution in [0.5, 0.6) is 0 Å². The molecular formula is C23H23Br2NO5S2. The fourth-order valence-corrected chi connectivity index (χ4v) is 10.9. The molecule has 1 amide bonds. The maximum atomic E-state index is 11.7. The molecule has 2 fully saturated rings. The predicted molar refractivity (Wildman–Crippen MR) is 135 cm³/mol. The third-order valence-corrected chi connectivity index (χ3v) is 12.1. The van der Waals surface area contributed by atoms with Crippen LogP contribution >= 0.6 is 31.9 Å². The Morgan fingerprint density at radius 2 is 1.39 bits per heavy atom. The molecule has 3 aliphatic heterocycles. The molecule has 10 heteroatoms. The highest BCUT2D eigenvalue weighted by atomic mass is 79.9. The van der Waals surface area contributed by atoms with Crippen molar-refractivity contribution in [2.75, 3.05) is 34.5 Å². The van der Waals surface area contributed by atoms with Crippen molar-refractivity contribution in [3.63, 3.8) is 0 Å². The van der Waals surface area contributed by atoms with Gasteiger partial charge in [-0.1, -0.05) is 44.0 Å². The van der Waals surface area contributed by atoms with E-state index in [2.05, 4.69) is 44.0 Å². The molecular weight excluding hydrogens is 594 g/mol.